The molecule has 2 aromatic heterocycles. The highest BCUT2D eigenvalue weighted by molar-refractivity contribution is 7.91. The Bertz CT molecular complexity index is 1440. The Kier molecular flexibility index (Phi) is 4.51. The van der Waals surface area contributed by atoms with Crippen LogP contribution in [0.2, 0.25) is 0 Å². The second kappa shape index (κ2) is 6.78. The van der Waals surface area contributed by atoms with E-state index < -0.39 is 19.7 Å². The Labute approximate surface area is 168 Å². The van der Waals surface area contributed by atoms with Gasteiger partial charge in [-0.05, 0) is 47.0 Å². The molecule has 2 heterocycles. The first kappa shape index (κ1) is 19.3. The Morgan fingerprint density at radius 2 is 1.52 bits per heavy atom. The summed E-state index contributed by atoms with van der Waals surface area (Å²) in [5.74, 6) is 0. The summed E-state index contributed by atoms with van der Waals surface area (Å²) < 4.78 is 49.1. The van der Waals surface area contributed by atoms with Gasteiger partial charge in [-0.3, -0.25) is 0 Å². The van der Waals surface area contributed by atoms with Crippen LogP contribution in [0.1, 0.15) is 0 Å². The largest absolute Gasteiger partial charge is 0.224 e. The normalized spacial score (nSPS) is 12.3. The molecular formula is C20H16N3O4S2. The van der Waals surface area contributed by atoms with E-state index in [1.54, 1.807) is 41.0 Å². The molecule has 0 N–H and O–H groups in total. The van der Waals surface area contributed by atoms with Gasteiger partial charge < -0.3 is 0 Å². The summed E-state index contributed by atoms with van der Waals surface area (Å²) in [6.45, 7) is 0. The van der Waals surface area contributed by atoms with Crippen LogP contribution in [0.5, 0.6) is 0 Å². The predicted molar refractivity (Wildman–Crippen MR) is 109 cm³/mol. The molecule has 29 heavy (non-hydrogen) atoms. The van der Waals surface area contributed by atoms with Gasteiger partial charge in [0.15, 0.2) is 25.3 Å². The zero-order chi connectivity index (χ0) is 20.8. The third-order valence-electron chi connectivity index (χ3n) is 4.55. The van der Waals surface area contributed by atoms with Gasteiger partial charge in [0.2, 0.25) is 6.33 Å². The fourth-order valence-electron chi connectivity index (χ4n) is 3.13. The molecule has 1 radical (unpaired) electrons. The van der Waals surface area contributed by atoms with Crippen LogP contribution in [0.3, 0.4) is 0 Å². The number of aromatic nitrogens is 3. The third-order valence-corrected chi connectivity index (χ3v) is 6.78. The van der Waals surface area contributed by atoms with E-state index >= 15 is 0 Å². The molecule has 147 valence electrons. The molecule has 0 aliphatic rings. The Morgan fingerprint density at radius 3 is 2.17 bits per heavy atom. The van der Waals surface area contributed by atoms with E-state index in [-0.39, 0.29) is 9.79 Å². The maximum absolute atomic E-state index is 12.0. The molecule has 0 atom stereocenters. The van der Waals surface area contributed by atoms with E-state index in [1.165, 1.54) is 12.1 Å². The third kappa shape index (κ3) is 3.66. The number of sulfone groups is 2. The number of nitrogens with zero attached hydrogens (tertiary/aromatic N) is 3. The number of hydrogen-bond acceptors (Lipinski definition) is 6. The lowest BCUT2D eigenvalue weighted by Gasteiger charge is -2.13. The van der Waals surface area contributed by atoms with Crippen LogP contribution in [0.15, 0.2) is 70.6 Å². The van der Waals surface area contributed by atoms with Crippen LogP contribution in [0, 0.1) is 6.33 Å². The number of benzene rings is 2. The molecule has 2 aromatic carbocycles. The smallest absolute Gasteiger partial charge is 0.221 e. The average molecular weight is 426 g/mol. The molecule has 4 aromatic rings. The lowest BCUT2D eigenvalue weighted by Crippen LogP contribution is -1.99. The highest BCUT2D eigenvalue weighted by Crippen LogP contribution is 2.35. The Hall–Kier alpha value is -3.04. The average Bonchev–Trinajstić information content (AvgIpc) is 3.15. The summed E-state index contributed by atoms with van der Waals surface area (Å²) in [7, 11) is -6.69. The van der Waals surface area contributed by atoms with Gasteiger partial charge in [0.05, 0.1) is 9.79 Å². The molecule has 7 nitrogen and oxygen atoms in total. The van der Waals surface area contributed by atoms with E-state index in [9.17, 15) is 16.8 Å². The molecular weight excluding hydrogens is 410 g/mol. The molecule has 0 aliphatic heterocycles. The van der Waals surface area contributed by atoms with Gasteiger partial charge in [0.25, 0.3) is 0 Å². The number of fused-ring (bicyclic) bond motifs is 1. The van der Waals surface area contributed by atoms with Crippen LogP contribution in [0.4, 0.5) is 0 Å². The molecule has 0 amide bonds. The van der Waals surface area contributed by atoms with Crippen LogP contribution >= 0.6 is 0 Å². The van der Waals surface area contributed by atoms with Crippen molar-refractivity contribution >= 4 is 25.3 Å². The molecule has 0 bridgehead atoms. The first-order valence-corrected chi connectivity index (χ1v) is 12.3. The van der Waals surface area contributed by atoms with Crippen LogP contribution < -0.4 is 0 Å². The maximum Gasteiger partial charge on any atom is 0.221 e. The van der Waals surface area contributed by atoms with Gasteiger partial charge in [-0.1, -0.05) is 24.3 Å². The van der Waals surface area contributed by atoms with Crippen molar-refractivity contribution in [1.82, 2.24) is 14.6 Å². The highest BCUT2D eigenvalue weighted by atomic mass is 32.2. The van der Waals surface area contributed by atoms with Gasteiger partial charge in [-0.15, -0.1) is 5.10 Å². The highest BCUT2D eigenvalue weighted by Gasteiger charge is 2.17. The lowest BCUT2D eigenvalue weighted by molar-refractivity contribution is 0.600. The SMILES string of the molecule is CS(=O)(=O)c1ccc(-c2c(-c3cccc(S(C)(=O)=O)c3)ccn3n[c]nc23)cc1. The van der Waals surface area contributed by atoms with E-state index in [1.807, 2.05) is 12.1 Å². The van der Waals surface area contributed by atoms with Crippen LogP contribution in [0.25, 0.3) is 27.9 Å². The van der Waals surface area contributed by atoms with Crippen molar-refractivity contribution in [3.63, 3.8) is 0 Å². The number of pyridine rings is 1. The summed E-state index contributed by atoms with van der Waals surface area (Å²) >= 11 is 0. The minimum absolute atomic E-state index is 0.210. The standard InChI is InChI=1S/C20H16N3O4S2/c1-28(24,25)16-8-6-14(7-9-16)19-18(10-11-23-20(19)21-13-22-23)15-4-3-5-17(12-15)29(2,26)27/h3-12H,1-2H3. The van der Waals surface area contributed by atoms with Crippen LogP contribution in [-0.4, -0.2) is 43.9 Å². The van der Waals surface area contributed by atoms with Crippen LogP contribution in [-0.2, 0) is 19.7 Å². The summed E-state index contributed by atoms with van der Waals surface area (Å²) in [6, 6.07) is 14.9. The zero-order valence-corrected chi connectivity index (χ0v) is 17.2. The van der Waals surface area contributed by atoms with Crippen molar-refractivity contribution < 1.29 is 16.8 Å². The first-order valence-electron chi connectivity index (χ1n) is 8.51. The molecule has 0 fully saturated rings. The molecule has 0 spiro atoms. The molecule has 0 unspecified atom stereocenters. The van der Waals surface area contributed by atoms with Crippen molar-refractivity contribution in [3.05, 3.63) is 67.1 Å². The summed E-state index contributed by atoms with van der Waals surface area (Å²) in [6.07, 6.45) is 6.60. The van der Waals surface area contributed by atoms with Gasteiger partial charge in [0, 0.05) is 24.3 Å². The zero-order valence-electron chi connectivity index (χ0n) is 15.6. The van der Waals surface area contributed by atoms with E-state index in [0.29, 0.717) is 16.8 Å². The van der Waals surface area contributed by atoms with Gasteiger partial charge >= 0.3 is 0 Å². The Morgan fingerprint density at radius 1 is 0.828 bits per heavy atom. The van der Waals surface area contributed by atoms with Crippen molar-refractivity contribution in [2.24, 2.45) is 0 Å². The van der Waals surface area contributed by atoms with E-state index in [2.05, 4.69) is 16.4 Å². The van der Waals surface area contributed by atoms with E-state index in [4.69, 9.17) is 0 Å². The fourth-order valence-corrected chi connectivity index (χ4v) is 4.43. The second-order valence-electron chi connectivity index (χ2n) is 6.68. The van der Waals surface area contributed by atoms with E-state index in [0.717, 1.165) is 23.6 Å². The molecule has 9 heteroatoms. The van der Waals surface area contributed by atoms with Crippen molar-refractivity contribution in [3.8, 4) is 22.3 Å². The second-order valence-corrected chi connectivity index (χ2v) is 10.7. The minimum Gasteiger partial charge on any atom is -0.224 e. The minimum atomic E-state index is -3.37. The van der Waals surface area contributed by atoms with Crippen molar-refractivity contribution in [2.45, 2.75) is 9.79 Å². The number of rotatable bonds is 4. The molecule has 0 saturated heterocycles. The van der Waals surface area contributed by atoms with Gasteiger partial charge in [0.1, 0.15) is 0 Å². The Balaban J connectivity index is 1.98. The quantitative estimate of drug-likeness (QED) is 0.498. The topological polar surface area (TPSA) is 98.5 Å². The molecule has 0 aliphatic carbocycles. The monoisotopic (exact) mass is 426 g/mol. The van der Waals surface area contributed by atoms with Gasteiger partial charge in [-0.2, -0.15) is 0 Å². The number of hydrogen-bond donors (Lipinski definition) is 0. The van der Waals surface area contributed by atoms with Gasteiger partial charge in [-0.25, -0.2) is 26.3 Å². The lowest BCUT2D eigenvalue weighted by atomic mass is 9.96. The molecule has 4 rings (SSSR count). The van der Waals surface area contributed by atoms with Crippen molar-refractivity contribution in [1.29, 1.82) is 0 Å². The molecule has 0 saturated carbocycles. The predicted octanol–water partition coefficient (Wildman–Crippen LogP) is 2.67. The first-order chi connectivity index (χ1) is 13.6. The summed E-state index contributed by atoms with van der Waals surface area (Å²) in [5.41, 5.74) is 3.40. The fraction of sp³-hybridized carbons (Fsp3) is 0.100. The summed E-state index contributed by atoms with van der Waals surface area (Å²) in [4.78, 5) is 4.63. The maximum atomic E-state index is 12.0. The van der Waals surface area contributed by atoms with Crippen molar-refractivity contribution in [2.75, 3.05) is 12.5 Å². The summed E-state index contributed by atoms with van der Waals surface area (Å²) in [5, 5.41) is 4.04.